The first-order chi connectivity index (χ1) is 15.4. The Bertz CT molecular complexity index is 1050. The zero-order valence-electron chi connectivity index (χ0n) is 17.9. The molecule has 0 saturated carbocycles. The van der Waals surface area contributed by atoms with E-state index in [1.807, 2.05) is 17.9 Å². The minimum atomic E-state index is -0.845. The van der Waals surface area contributed by atoms with Crippen LogP contribution in [0.25, 0.3) is 0 Å². The van der Waals surface area contributed by atoms with E-state index in [9.17, 15) is 13.6 Å². The molecule has 2 aromatic rings. The number of nitriles is 1. The SMILES string of the molecule is CC(c1ccc(F)c(F)c1)N1CC(C(=O)N2CC3CC[C@@H](C2)N3c2ccc(C#N)cn2)C1. The molecule has 5 rings (SSSR count). The lowest BCUT2D eigenvalue weighted by atomic mass is 9.93. The van der Waals surface area contributed by atoms with Crippen LogP contribution in [-0.2, 0) is 4.79 Å². The van der Waals surface area contributed by atoms with E-state index in [4.69, 9.17) is 5.26 Å². The van der Waals surface area contributed by atoms with E-state index in [2.05, 4.69) is 20.9 Å². The zero-order chi connectivity index (χ0) is 22.4. The van der Waals surface area contributed by atoms with E-state index in [-0.39, 0.29) is 30.0 Å². The van der Waals surface area contributed by atoms with Crippen molar-refractivity contribution in [1.82, 2.24) is 14.8 Å². The smallest absolute Gasteiger partial charge is 0.228 e. The molecule has 8 heteroatoms. The van der Waals surface area contributed by atoms with Gasteiger partial charge in [-0.2, -0.15) is 5.26 Å². The van der Waals surface area contributed by atoms with Crippen LogP contribution in [-0.4, -0.2) is 59.0 Å². The molecule has 166 valence electrons. The van der Waals surface area contributed by atoms with Crippen LogP contribution in [0.4, 0.5) is 14.6 Å². The lowest BCUT2D eigenvalue weighted by Crippen LogP contribution is -2.61. The highest BCUT2D eigenvalue weighted by Crippen LogP contribution is 2.36. The van der Waals surface area contributed by atoms with Crippen molar-refractivity contribution in [3.63, 3.8) is 0 Å². The molecule has 2 unspecified atom stereocenters. The van der Waals surface area contributed by atoms with Gasteiger partial charge >= 0.3 is 0 Å². The van der Waals surface area contributed by atoms with Gasteiger partial charge in [-0.25, -0.2) is 13.8 Å². The summed E-state index contributed by atoms with van der Waals surface area (Å²) in [5.41, 5.74) is 1.26. The Morgan fingerprint density at radius 1 is 1.09 bits per heavy atom. The Morgan fingerprint density at radius 3 is 2.41 bits per heavy atom. The van der Waals surface area contributed by atoms with Crippen LogP contribution in [0.2, 0.25) is 0 Å². The van der Waals surface area contributed by atoms with E-state index in [1.54, 1.807) is 18.3 Å². The van der Waals surface area contributed by atoms with Crippen molar-refractivity contribution in [2.24, 2.45) is 5.92 Å². The van der Waals surface area contributed by atoms with Gasteiger partial charge < -0.3 is 9.80 Å². The normalized spacial score (nSPS) is 24.2. The van der Waals surface area contributed by atoms with Gasteiger partial charge in [0.1, 0.15) is 11.9 Å². The predicted molar refractivity (Wildman–Crippen MR) is 115 cm³/mol. The third kappa shape index (κ3) is 3.61. The van der Waals surface area contributed by atoms with Gasteiger partial charge in [0, 0.05) is 50.5 Å². The second kappa shape index (κ2) is 8.14. The monoisotopic (exact) mass is 437 g/mol. The molecule has 1 aromatic carbocycles. The Hall–Kier alpha value is -3.05. The van der Waals surface area contributed by atoms with Crippen LogP contribution in [0.3, 0.4) is 0 Å². The van der Waals surface area contributed by atoms with Crippen molar-refractivity contribution in [3.05, 3.63) is 59.3 Å². The quantitative estimate of drug-likeness (QED) is 0.736. The molecule has 1 amide bonds. The van der Waals surface area contributed by atoms with Gasteiger partial charge in [-0.1, -0.05) is 6.07 Å². The number of rotatable bonds is 4. The number of halogens is 2. The highest BCUT2D eigenvalue weighted by atomic mass is 19.2. The van der Waals surface area contributed by atoms with Gasteiger partial charge in [-0.05, 0) is 49.6 Å². The number of pyridine rings is 1. The summed E-state index contributed by atoms with van der Waals surface area (Å²) in [5, 5.41) is 8.99. The predicted octanol–water partition coefficient (Wildman–Crippen LogP) is 3.10. The molecule has 3 saturated heterocycles. The number of carbonyl (C=O) groups excluding carboxylic acids is 1. The van der Waals surface area contributed by atoms with Crippen molar-refractivity contribution in [1.29, 1.82) is 5.26 Å². The molecule has 2 bridgehead atoms. The summed E-state index contributed by atoms with van der Waals surface area (Å²) in [6, 6.07) is 10.2. The number of piperazine rings is 1. The summed E-state index contributed by atoms with van der Waals surface area (Å²) in [6.45, 7) is 4.59. The van der Waals surface area contributed by atoms with E-state index in [0.717, 1.165) is 30.3 Å². The Morgan fingerprint density at radius 2 is 1.81 bits per heavy atom. The minimum absolute atomic E-state index is 0.0540. The van der Waals surface area contributed by atoms with Gasteiger partial charge in [0.05, 0.1) is 11.5 Å². The maximum Gasteiger partial charge on any atom is 0.228 e. The third-order valence-corrected chi connectivity index (χ3v) is 7.17. The van der Waals surface area contributed by atoms with Gasteiger partial charge in [0.2, 0.25) is 5.91 Å². The molecule has 3 aliphatic rings. The molecular weight excluding hydrogens is 412 g/mol. The van der Waals surface area contributed by atoms with Crippen LogP contribution in [0, 0.1) is 28.9 Å². The third-order valence-electron chi connectivity index (χ3n) is 7.17. The lowest BCUT2D eigenvalue weighted by molar-refractivity contribution is -0.143. The number of hydrogen-bond acceptors (Lipinski definition) is 5. The number of fused-ring (bicyclic) bond motifs is 2. The number of carbonyl (C=O) groups is 1. The van der Waals surface area contributed by atoms with Gasteiger partial charge in [-0.3, -0.25) is 9.69 Å². The summed E-state index contributed by atoms with van der Waals surface area (Å²) in [6.07, 6.45) is 3.66. The molecule has 1 aromatic heterocycles. The maximum atomic E-state index is 13.6. The van der Waals surface area contributed by atoms with E-state index >= 15 is 0 Å². The number of aromatic nitrogens is 1. The lowest BCUT2D eigenvalue weighted by Gasteiger charge is -2.47. The van der Waals surface area contributed by atoms with Crippen LogP contribution >= 0.6 is 0 Å². The Balaban J connectivity index is 1.19. The van der Waals surface area contributed by atoms with E-state index < -0.39 is 11.6 Å². The van der Waals surface area contributed by atoms with Gasteiger partial charge in [0.25, 0.3) is 0 Å². The fraction of sp³-hybridized carbons (Fsp3) is 0.458. The fourth-order valence-electron chi connectivity index (χ4n) is 5.29. The van der Waals surface area contributed by atoms with Crippen molar-refractivity contribution in [2.75, 3.05) is 31.1 Å². The molecule has 3 atom stereocenters. The molecule has 32 heavy (non-hydrogen) atoms. The van der Waals surface area contributed by atoms with Crippen LogP contribution in [0.15, 0.2) is 36.5 Å². The van der Waals surface area contributed by atoms with E-state index in [1.165, 1.54) is 6.07 Å². The first-order valence-electron chi connectivity index (χ1n) is 11.1. The molecule has 0 radical (unpaired) electrons. The largest absolute Gasteiger partial charge is 0.347 e. The summed E-state index contributed by atoms with van der Waals surface area (Å²) >= 11 is 0. The second-order valence-electron chi connectivity index (χ2n) is 9.05. The molecule has 0 aliphatic carbocycles. The highest BCUT2D eigenvalue weighted by Gasteiger charge is 2.45. The van der Waals surface area contributed by atoms with Gasteiger partial charge in [-0.15, -0.1) is 0 Å². The summed E-state index contributed by atoms with van der Waals surface area (Å²) in [4.78, 5) is 24.0. The molecule has 4 heterocycles. The second-order valence-corrected chi connectivity index (χ2v) is 9.05. The van der Waals surface area contributed by atoms with Crippen LogP contribution in [0.1, 0.15) is 36.9 Å². The average Bonchev–Trinajstić information content (AvgIpc) is 3.03. The molecule has 3 fully saturated rings. The minimum Gasteiger partial charge on any atom is -0.347 e. The zero-order valence-corrected chi connectivity index (χ0v) is 17.9. The topological polar surface area (TPSA) is 63.5 Å². The number of benzene rings is 1. The van der Waals surface area contributed by atoms with Crippen molar-refractivity contribution >= 4 is 11.7 Å². The number of likely N-dealkylation sites (tertiary alicyclic amines) is 2. The molecule has 0 spiro atoms. The molecule has 0 N–H and O–H groups in total. The van der Waals surface area contributed by atoms with Crippen LogP contribution < -0.4 is 4.90 Å². The van der Waals surface area contributed by atoms with Crippen molar-refractivity contribution < 1.29 is 13.6 Å². The summed E-state index contributed by atoms with van der Waals surface area (Å²) in [5.74, 6) is -0.682. The van der Waals surface area contributed by atoms with E-state index in [0.29, 0.717) is 31.7 Å². The number of nitrogens with zero attached hydrogens (tertiary/aromatic N) is 5. The average molecular weight is 437 g/mol. The summed E-state index contributed by atoms with van der Waals surface area (Å²) in [7, 11) is 0. The van der Waals surface area contributed by atoms with Crippen molar-refractivity contribution in [3.8, 4) is 6.07 Å². The van der Waals surface area contributed by atoms with Gasteiger partial charge in [0.15, 0.2) is 11.6 Å². The highest BCUT2D eigenvalue weighted by molar-refractivity contribution is 5.81. The Kier molecular flexibility index (Phi) is 5.30. The maximum absolute atomic E-state index is 13.6. The molecule has 6 nitrogen and oxygen atoms in total. The first-order valence-corrected chi connectivity index (χ1v) is 11.1. The van der Waals surface area contributed by atoms with Crippen molar-refractivity contribution in [2.45, 2.75) is 37.9 Å². The molecule has 3 aliphatic heterocycles. The number of amides is 1. The number of hydrogen-bond donors (Lipinski definition) is 0. The fourth-order valence-corrected chi connectivity index (χ4v) is 5.29. The standard InChI is InChI=1S/C24H25F2N5O/c1-15(17-3-6-21(25)22(26)8-17)29-11-18(12-29)24(32)30-13-19-4-5-20(14-30)31(19)23-7-2-16(9-27)10-28-23/h2-3,6-8,10,15,18-20H,4-5,11-14H2,1H3/t15?,19-,20?/m0/s1. The first kappa shape index (κ1) is 20.8. The summed E-state index contributed by atoms with van der Waals surface area (Å²) < 4.78 is 26.8. The number of anilines is 1. The Labute approximate surface area is 186 Å². The molecular formula is C24H25F2N5O. The van der Waals surface area contributed by atoms with Crippen LogP contribution in [0.5, 0.6) is 0 Å².